The predicted octanol–water partition coefficient (Wildman–Crippen LogP) is 3.93. The second-order valence-electron chi connectivity index (χ2n) is 6.72. The largest absolute Gasteiger partial charge is 0.497 e. The molecule has 1 amide bonds. The molecule has 1 aliphatic rings. The van der Waals surface area contributed by atoms with Crippen LogP contribution in [0.2, 0.25) is 0 Å². The van der Waals surface area contributed by atoms with E-state index >= 15 is 0 Å². The zero-order chi connectivity index (χ0) is 18.4. The Kier molecular flexibility index (Phi) is 7.95. The number of carbonyl (C=O) groups is 1. The van der Waals surface area contributed by atoms with Crippen molar-refractivity contribution in [2.45, 2.75) is 12.8 Å². The number of ether oxygens (including phenoxy) is 1. The van der Waals surface area contributed by atoms with E-state index in [1.807, 2.05) is 60.5 Å². The number of nitrogens with zero attached hydrogens (tertiary/aromatic N) is 1. The first-order chi connectivity index (χ1) is 12.7. The van der Waals surface area contributed by atoms with Crippen molar-refractivity contribution in [3.05, 3.63) is 54.1 Å². The van der Waals surface area contributed by atoms with E-state index in [4.69, 9.17) is 4.74 Å². The first-order valence-electron chi connectivity index (χ1n) is 9.15. The number of para-hydroxylation sites is 1. The van der Waals surface area contributed by atoms with Gasteiger partial charge in [0, 0.05) is 18.8 Å². The maximum Gasteiger partial charge on any atom is 0.255 e. The van der Waals surface area contributed by atoms with Crippen molar-refractivity contribution in [3.63, 3.8) is 0 Å². The van der Waals surface area contributed by atoms with Crippen LogP contribution in [-0.4, -0.2) is 44.6 Å². The van der Waals surface area contributed by atoms with E-state index in [9.17, 15) is 4.79 Å². The lowest BCUT2D eigenvalue weighted by molar-refractivity contribution is 0.0675. The smallest absolute Gasteiger partial charge is 0.255 e. The van der Waals surface area contributed by atoms with Gasteiger partial charge in [0.25, 0.3) is 5.91 Å². The molecule has 3 rings (SSSR count). The van der Waals surface area contributed by atoms with Crippen LogP contribution < -0.4 is 15.4 Å². The number of piperidine rings is 1. The fraction of sp³-hybridized carbons (Fsp3) is 0.381. The molecule has 1 aliphatic heterocycles. The molecule has 0 aliphatic carbocycles. The molecule has 1 fully saturated rings. The Bertz CT molecular complexity index is 734. The van der Waals surface area contributed by atoms with Crippen LogP contribution >= 0.6 is 12.4 Å². The highest BCUT2D eigenvalue weighted by Gasteiger charge is 2.25. The van der Waals surface area contributed by atoms with E-state index < -0.39 is 0 Å². The number of hydrogen-bond donors (Lipinski definition) is 2. The fourth-order valence-electron chi connectivity index (χ4n) is 3.48. The number of hydrogen-bond acceptors (Lipinski definition) is 4. The fourth-order valence-corrected chi connectivity index (χ4v) is 3.48. The highest BCUT2D eigenvalue weighted by Crippen LogP contribution is 2.25. The summed E-state index contributed by atoms with van der Waals surface area (Å²) in [5, 5.41) is 6.59. The van der Waals surface area contributed by atoms with Crippen LogP contribution in [0, 0.1) is 5.92 Å². The average Bonchev–Trinajstić information content (AvgIpc) is 2.69. The summed E-state index contributed by atoms with van der Waals surface area (Å²) >= 11 is 0. The molecule has 0 aromatic heterocycles. The number of halogens is 1. The van der Waals surface area contributed by atoms with Gasteiger partial charge in [-0.05, 0) is 68.8 Å². The maximum atomic E-state index is 13.1. The molecule has 27 heavy (non-hydrogen) atoms. The lowest BCUT2D eigenvalue weighted by Gasteiger charge is -2.33. The van der Waals surface area contributed by atoms with Gasteiger partial charge in [0.05, 0.1) is 18.4 Å². The van der Waals surface area contributed by atoms with Gasteiger partial charge in [0.15, 0.2) is 0 Å². The summed E-state index contributed by atoms with van der Waals surface area (Å²) in [4.78, 5) is 15.1. The van der Waals surface area contributed by atoms with Gasteiger partial charge in [-0.25, -0.2) is 0 Å². The zero-order valence-electron chi connectivity index (χ0n) is 15.9. The van der Waals surface area contributed by atoms with E-state index in [0.29, 0.717) is 11.5 Å². The molecule has 1 saturated heterocycles. The van der Waals surface area contributed by atoms with Crippen LogP contribution in [0.3, 0.4) is 0 Å². The minimum Gasteiger partial charge on any atom is -0.497 e. The van der Waals surface area contributed by atoms with Crippen LogP contribution in [0.5, 0.6) is 5.75 Å². The van der Waals surface area contributed by atoms with Crippen molar-refractivity contribution >= 4 is 29.7 Å². The van der Waals surface area contributed by atoms with Crippen molar-refractivity contribution < 1.29 is 9.53 Å². The summed E-state index contributed by atoms with van der Waals surface area (Å²) in [6, 6.07) is 15.4. The van der Waals surface area contributed by atoms with Gasteiger partial charge < -0.3 is 20.3 Å². The van der Waals surface area contributed by atoms with Gasteiger partial charge in [-0.3, -0.25) is 4.79 Å². The number of anilines is 2. The molecule has 146 valence electrons. The van der Waals surface area contributed by atoms with Crippen molar-refractivity contribution in [1.82, 2.24) is 10.2 Å². The van der Waals surface area contributed by atoms with Crippen LogP contribution in [-0.2, 0) is 0 Å². The normalized spacial score (nSPS) is 16.4. The van der Waals surface area contributed by atoms with E-state index in [1.54, 1.807) is 7.11 Å². The monoisotopic (exact) mass is 389 g/mol. The molecule has 1 heterocycles. The Morgan fingerprint density at radius 3 is 2.63 bits per heavy atom. The van der Waals surface area contributed by atoms with E-state index in [0.717, 1.165) is 43.2 Å². The van der Waals surface area contributed by atoms with E-state index in [1.165, 1.54) is 6.42 Å². The molecule has 0 radical (unpaired) electrons. The number of carbonyl (C=O) groups excluding carboxylic acids is 1. The summed E-state index contributed by atoms with van der Waals surface area (Å²) in [6.45, 7) is 2.60. The molecule has 0 saturated carbocycles. The molecule has 0 bridgehead atoms. The van der Waals surface area contributed by atoms with Gasteiger partial charge in [-0.2, -0.15) is 0 Å². The van der Waals surface area contributed by atoms with Crippen LogP contribution in [0.15, 0.2) is 48.5 Å². The summed E-state index contributed by atoms with van der Waals surface area (Å²) in [7, 11) is 3.62. The number of benzene rings is 2. The lowest BCUT2D eigenvalue weighted by Crippen LogP contribution is -2.42. The number of nitrogens with one attached hydrogen (secondary N) is 2. The summed E-state index contributed by atoms with van der Waals surface area (Å²) in [5.41, 5.74) is 2.48. The highest BCUT2D eigenvalue weighted by molar-refractivity contribution is 6.00. The van der Waals surface area contributed by atoms with Crippen LogP contribution in [0.25, 0.3) is 0 Å². The molecule has 6 heteroatoms. The van der Waals surface area contributed by atoms with Gasteiger partial charge >= 0.3 is 0 Å². The number of likely N-dealkylation sites (tertiary alicyclic amines) is 1. The second kappa shape index (κ2) is 10.2. The van der Waals surface area contributed by atoms with E-state index in [-0.39, 0.29) is 18.3 Å². The third-order valence-corrected chi connectivity index (χ3v) is 4.83. The Hall–Kier alpha value is -2.24. The van der Waals surface area contributed by atoms with Gasteiger partial charge in [-0.15, -0.1) is 12.4 Å². The second-order valence-corrected chi connectivity index (χ2v) is 6.72. The Morgan fingerprint density at radius 2 is 1.93 bits per heavy atom. The van der Waals surface area contributed by atoms with Crippen molar-refractivity contribution in [2.24, 2.45) is 5.92 Å². The standard InChI is InChI=1S/C21H27N3O2.ClH/c1-22-14-16-6-5-13-24(15-16)21(25)19-7-3-4-8-20(19)23-17-9-11-18(26-2)12-10-17;/h3-4,7-12,16,22-23H,5-6,13-15H2,1-2H3;1H. The SMILES string of the molecule is CNCC1CCCN(C(=O)c2ccccc2Nc2ccc(OC)cc2)C1.Cl. The molecule has 2 aromatic carbocycles. The summed E-state index contributed by atoms with van der Waals surface area (Å²) < 4.78 is 5.20. The Balaban J connectivity index is 0.00000261. The maximum absolute atomic E-state index is 13.1. The molecule has 0 spiro atoms. The quantitative estimate of drug-likeness (QED) is 0.785. The molecule has 2 N–H and O–H groups in total. The Labute approximate surface area is 167 Å². The minimum absolute atomic E-state index is 0. The lowest BCUT2D eigenvalue weighted by atomic mass is 9.97. The number of methoxy groups -OCH3 is 1. The van der Waals surface area contributed by atoms with Crippen molar-refractivity contribution in [2.75, 3.05) is 39.1 Å². The third-order valence-electron chi connectivity index (χ3n) is 4.83. The molecule has 1 atom stereocenters. The molecular weight excluding hydrogens is 362 g/mol. The van der Waals surface area contributed by atoms with Crippen molar-refractivity contribution in [1.29, 1.82) is 0 Å². The van der Waals surface area contributed by atoms with Crippen LogP contribution in [0.1, 0.15) is 23.2 Å². The molecule has 5 nitrogen and oxygen atoms in total. The Morgan fingerprint density at radius 1 is 1.19 bits per heavy atom. The van der Waals surface area contributed by atoms with Gasteiger partial charge in [-0.1, -0.05) is 12.1 Å². The van der Waals surface area contributed by atoms with Gasteiger partial charge in [0.1, 0.15) is 5.75 Å². The minimum atomic E-state index is 0. The van der Waals surface area contributed by atoms with Gasteiger partial charge in [0.2, 0.25) is 0 Å². The molecule has 2 aromatic rings. The van der Waals surface area contributed by atoms with Crippen molar-refractivity contribution in [3.8, 4) is 5.75 Å². The number of amides is 1. The topological polar surface area (TPSA) is 53.6 Å². The first-order valence-corrected chi connectivity index (χ1v) is 9.15. The summed E-state index contributed by atoms with van der Waals surface area (Å²) in [5.74, 6) is 1.44. The number of rotatable bonds is 6. The van der Waals surface area contributed by atoms with Crippen LogP contribution in [0.4, 0.5) is 11.4 Å². The summed E-state index contributed by atoms with van der Waals surface area (Å²) in [6.07, 6.45) is 2.24. The van der Waals surface area contributed by atoms with E-state index in [2.05, 4.69) is 10.6 Å². The molecule has 1 unspecified atom stereocenters. The third kappa shape index (κ3) is 5.37. The first kappa shape index (κ1) is 21.1. The highest BCUT2D eigenvalue weighted by atomic mass is 35.5. The zero-order valence-corrected chi connectivity index (χ0v) is 16.7. The predicted molar refractivity (Wildman–Crippen MR) is 113 cm³/mol. The average molecular weight is 390 g/mol. The molecular formula is C21H28ClN3O2.